The molecule has 0 fully saturated rings. The van der Waals surface area contributed by atoms with E-state index in [2.05, 4.69) is 0 Å². The summed E-state index contributed by atoms with van der Waals surface area (Å²) < 4.78 is 4.76. The summed E-state index contributed by atoms with van der Waals surface area (Å²) in [4.78, 5) is 10.5. The SMILES string of the molecule is CC(=O)O[C@@H](C#N)C(C)(C)C. The first-order valence-electron chi connectivity index (χ1n) is 3.44. The number of rotatable bonds is 1. The van der Waals surface area contributed by atoms with E-state index < -0.39 is 12.1 Å². The summed E-state index contributed by atoms with van der Waals surface area (Å²) in [6.07, 6.45) is -0.653. The van der Waals surface area contributed by atoms with Crippen LogP contribution in [-0.4, -0.2) is 12.1 Å². The monoisotopic (exact) mass is 155 g/mol. The van der Waals surface area contributed by atoms with Crippen LogP contribution >= 0.6 is 0 Å². The largest absolute Gasteiger partial charge is 0.447 e. The summed E-state index contributed by atoms with van der Waals surface area (Å²) >= 11 is 0. The van der Waals surface area contributed by atoms with Crippen LogP contribution in [0, 0.1) is 16.7 Å². The Balaban J connectivity index is 4.22. The molecule has 0 heterocycles. The lowest BCUT2D eigenvalue weighted by Gasteiger charge is -2.23. The minimum absolute atomic E-state index is 0.305. The number of ether oxygens (including phenoxy) is 1. The molecule has 0 unspecified atom stereocenters. The maximum Gasteiger partial charge on any atom is 0.303 e. The fraction of sp³-hybridized carbons (Fsp3) is 0.750. The summed E-state index contributed by atoms with van der Waals surface area (Å²) in [6, 6.07) is 1.93. The van der Waals surface area contributed by atoms with Crippen LogP contribution in [0.1, 0.15) is 27.7 Å². The van der Waals surface area contributed by atoms with Gasteiger partial charge in [-0.2, -0.15) is 5.26 Å². The second-order valence-corrected chi connectivity index (χ2v) is 3.48. The van der Waals surface area contributed by atoms with E-state index in [1.54, 1.807) is 0 Å². The van der Waals surface area contributed by atoms with E-state index in [4.69, 9.17) is 10.00 Å². The van der Waals surface area contributed by atoms with Crippen molar-refractivity contribution in [1.82, 2.24) is 0 Å². The van der Waals surface area contributed by atoms with Gasteiger partial charge in [-0.15, -0.1) is 0 Å². The van der Waals surface area contributed by atoms with Crippen molar-refractivity contribution < 1.29 is 9.53 Å². The number of nitrogens with zero attached hydrogens (tertiary/aromatic N) is 1. The maximum atomic E-state index is 10.5. The molecule has 0 spiro atoms. The van der Waals surface area contributed by atoms with Crippen LogP contribution in [0.3, 0.4) is 0 Å². The molecule has 1 atom stereocenters. The zero-order valence-electron chi connectivity index (χ0n) is 7.34. The fourth-order valence-corrected chi connectivity index (χ4v) is 0.563. The molecule has 0 saturated carbocycles. The van der Waals surface area contributed by atoms with Crippen LogP contribution in [0.4, 0.5) is 0 Å². The van der Waals surface area contributed by atoms with Gasteiger partial charge in [0, 0.05) is 12.3 Å². The Morgan fingerprint density at radius 3 is 2.09 bits per heavy atom. The molecule has 0 aromatic heterocycles. The summed E-state index contributed by atoms with van der Waals surface area (Å²) in [6.45, 7) is 6.85. The molecular weight excluding hydrogens is 142 g/mol. The zero-order chi connectivity index (χ0) is 9.07. The first-order valence-corrected chi connectivity index (χ1v) is 3.44. The van der Waals surface area contributed by atoms with Crippen LogP contribution in [0.5, 0.6) is 0 Å². The average molecular weight is 155 g/mol. The quantitative estimate of drug-likeness (QED) is 0.539. The van der Waals surface area contributed by atoms with Crippen molar-refractivity contribution in [3.8, 4) is 6.07 Å². The van der Waals surface area contributed by atoms with E-state index >= 15 is 0 Å². The topological polar surface area (TPSA) is 50.1 Å². The molecule has 0 saturated heterocycles. The molecule has 0 radical (unpaired) electrons. The molecule has 3 heteroatoms. The van der Waals surface area contributed by atoms with Crippen molar-refractivity contribution in [1.29, 1.82) is 5.26 Å². The van der Waals surface area contributed by atoms with Crippen LogP contribution in [-0.2, 0) is 9.53 Å². The third kappa shape index (κ3) is 3.61. The minimum atomic E-state index is -0.653. The third-order valence-electron chi connectivity index (χ3n) is 1.19. The van der Waals surface area contributed by atoms with Crippen LogP contribution in [0.2, 0.25) is 0 Å². The molecule has 62 valence electrons. The number of hydrogen-bond donors (Lipinski definition) is 0. The minimum Gasteiger partial charge on any atom is -0.447 e. The first-order chi connectivity index (χ1) is 4.88. The highest BCUT2D eigenvalue weighted by Crippen LogP contribution is 2.21. The molecule has 0 aromatic carbocycles. The molecule has 0 aromatic rings. The first kappa shape index (κ1) is 9.96. The Labute approximate surface area is 67.0 Å². The van der Waals surface area contributed by atoms with Crippen molar-refractivity contribution in [3.63, 3.8) is 0 Å². The number of carbonyl (C=O) groups excluding carboxylic acids is 1. The van der Waals surface area contributed by atoms with Gasteiger partial charge in [0.1, 0.15) is 6.07 Å². The van der Waals surface area contributed by atoms with Crippen molar-refractivity contribution in [2.75, 3.05) is 0 Å². The van der Waals surface area contributed by atoms with Gasteiger partial charge in [0.25, 0.3) is 0 Å². The Morgan fingerprint density at radius 2 is 2.00 bits per heavy atom. The molecule has 0 bridgehead atoms. The Hall–Kier alpha value is -1.04. The highest BCUT2D eigenvalue weighted by Gasteiger charge is 2.26. The lowest BCUT2D eigenvalue weighted by atomic mass is 9.90. The van der Waals surface area contributed by atoms with E-state index in [9.17, 15) is 4.79 Å². The molecule has 3 nitrogen and oxygen atoms in total. The average Bonchev–Trinajstić information content (AvgIpc) is 1.79. The molecule has 0 amide bonds. The van der Waals surface area contributed by atoms with E-state index in [1.807, 2.05) is 26.8 Å². The van der Waals surface area contributed by atoms with Gasteiger partial charge in [-0.1, -0.05) is 20.8 Å². The summed E-state index contributed by atoms with van der Waals surface area (Å²) in [7, 11) is 0. The fourth-order valence-electron chi connectivity index (χ4n) is 0.563. The van der Waals surface area contributed by atoms with Crippen LogP contribution in [0.25, 0.3) is 0 Å². The second-order valence-electron chi connectivity index (χ2n) is 3.48. The van der Waals surface area contributed by atoms with Crippen molar-refractivity contribution >= 4 is 5.97 Å². The van der Waals surface area contributed by atoms with E-state index in [0.717, 1.165) is 0 Å². The molecule has 0 aliphatic rings. The summed E-state index contributed by atoms with van der Waals surface area (Å²) in [5, 5.41) is 8.58. The number of hydrogen-bond acceptors (Lipinski definition) is 3. The van der Waals surface area contributed by atoms with Crippen molar-refractivity contribution in [2.45, 2.75) is 33.8 Å². The Bertz CT molecular complexity index is 185. The lowest BCUT2D eigenvalue weighted by Crippen LogP contribution is -2.29. The van der Waals surface area contributed by atoms with Gasteiger partial charge in [-0.05, 0) is 0 Å². The Morgan fingerprint density at radius 1 is 1.55 bits per heavy atom. The van der Waals surface area contributed by atoms with Gasteiger partial charge in [0.05, 0.1) is 0 Å². The summed E-state index contributed by atoms with van der Waals surface area (Å²) in [5.41, 5.74) is -0.305. The van der Waals surface area contributed by atoms with Crippen LogP contribution in [0.15, 0.2) is 0 Å². The summed E-state index contributed by atoms with van der Waals surface area (Å²) in [5.74, 6) is -0.411. The number of nitriles is 1. The smallest absolute Gasteiger partial charge is 0.303 e. The zero-order valence-corrected chi connectivity index (χ0v) is 7.34. The molecule has 11 heavy (non-hydrogen) atoms. The lowest BCUT2D eigenvalue weighted by molar-refractivity contribution is -0.147. The van der Waals surface area contributed by atoms with Gasteiger partial charge in [0.15, 0.2) is 6.10 Å². The second kappa shape index (κ2) is 3.38. The standard InChI is InChI=1S/C8H13NO2/c1-6(10)11-7(5-9)8(2,3)4/h7H,1-4H3/t7-/m0/s1. The highest BCUT2D eigenvalue weighted by atomic mass is 16.5. The predicted molar refractivity (Wildman–Crippen MR) is 40.6 cm³/mol. The molecule has 0 aliphatic carbocycles. The van der Waals surface area contributed by atoms with Gasteiger partial charge in [0.2, 0.25) is 0 Å². The van der Waals surface area contributed by atoms with Gasteiger partial charge < -0.3 is 4.74 Å². The van der Waals surface area contributed by atoms with Crippen molar-refractivity contribution in [3.05, 3.63) is 0 Å². The number of esters is 1. The Kier molecular flexibility index (Phi) is 3.06. The van der Waals surface area contributed by atoms with E-state index in [1.165, 1.54) is 6.92 Å². The van der Waals surface area contributed by atoms with Crippen molar-refractivity contribution in [2.24, 2.45) is 5.41 Å². The predicted octanol–water partition coefficient (Wildman–Crippen LogP) is 1.49. The highest BCUT2D eigenvalue weighted by molar-refractivity contribution is 5.66. The van der Waals surface area contributed by atoms with Crippen LogP contribution < -0.4 is 0 Å². The molecule has 0 rings (SSSR count). The van der Waals surface area contributed by atoms with E-state index in [0.29, 0.717) is 0 Å². The normalized spacial score (nSPS) is 13.4. The molecular formula is C8H13NO2. The van der Waals surface area contributed by atoms with Gasteiger partial charge in [-0.3, -0.25) is 4.79 Å². The van der Waals surface area contributed by atoms with Gasteiger partial charge >= 0.3 is 5.97 Å². The third-order valence-corrected chi connectivity index (χ3v) is 1.19. The molecule has 0 N–H and O–H groups in total. The van der Waals surface area contributed by atoms with E-state index in [-0.39, 0.29) is 5.41 Å². The van der Waals surface area contributed by atoms with Gasteiger partial charge in [-0.25, -0.2) is 0 Å². The number of carbonyl (C=O) groups is 1. The molecule has 0 aliphatic heterocycles. The maximum absolute atomic E-state index is 10.5.